The molecular formula is C33H34N10O13S4. The summed E-state index contributed by atoms with van der Waals surface area (Å²) in [4.78, 5) is 12.0. The van der Waals surface area contributed by atoms with E-state index in [9.17, 15) is 47.3 Å². The van der Waals surface area contributed by atoms with E-state index in [0.717, 1.165) is 25.1 Å². The van der Waals surface area contributed by atoms with Gasteiger partial charge in [-0.05, 0) is 92.6 Å². The van der Waals surface area contributed by atoms with E-state index in [-0.39, 0.29) is 64.3 Å². The molecule has 60 heavy (non-hydrogen) atoms. The second kappa shape index (κ2) is 18.5. The number of rotatable bonds is 18. The van der Waals surface area contributed by atoms with Gasteiger partial charge in [0.2, 0.25) is 17.8 Å². The van der Waals surface area contributed by atoms with Crippen LogP contribution in [0.25, 0.3) is 0 Å². The molecule has 318 valence electrons. The molecule has 0 radical (unpaired) electrons. The number of hydrogen-bond donors (Lipinski definition) is 7. The summed E-state index contributed by atoms with van der Waals surface area (Å²) in [6.45, 7) is 2.62. The van der Waals surface area contributed by atoms with Crippen molar-refractivity contribution in [3.05, 3.63) is 90.5 Å². The topological polar surface area (TPSA) is 351 Å². The van der Waals surface area contributed by atoms with Crippen LogP contribution in [0.5, 0.6) is 5.75 Å². The van der Waals surface area contributed by atoms with Crippen LogP contribution in [-0.2, 0) is 40.5 Å². The van der Waals surface area contributed by atoms with Gasteiger partial charge in [0.15, 0.2) is 5.37 Å². The highest BCUT2D eigenvalue weighted by Crippen LogP contribution is 2.34. The minimum atomic E-state index is -4.62. The maximum Gasteiger partial charge on any atom is 0.294 e. The lowest BCUT2D eigenvalue weighted by Crippen LogP contribution is -2.27. The first-order valence-electron chi connectivity index (χ1n) is 16.9. The highest BCUT2D eigenvalue weighted by molar-refractivity contribution is 7.86. The van der Waals surface area contributed by atoms with Crippen LogP contribution < -0.4 is 20.7 Å². The van der Waals surface area contributed by atoms with E-state index in [2.05, 4.69) is 51.4 Å². The number of nitrogens with one attached hydrogen (secondary N) is 3. The predicted octanol–water partition coefficient (Wildman–Crippen LogP) is 6.29. The molecule has 0 amide bonds. The highest BCUT2D eigenvalue weighted by Gasteiger charge is 2.20. The second-order valence-corrected chi connectivity index (χ2v) is 18.5. The van der Waals surface area contributed by atoms with Gasteiger partial charge in [0.1, 0.15) is 5.75 Å². The molecular weight excluding hydrogens is 873 g/mol. The molecule has 0 saturated carbocycles. The monoisotopic (exact) mass is 906 g/mol. The van der Waals surface area contributed by atoms with Gasteiger partial charge < -0.3 is 20.7 Å². The molecule has 7 N–H and O–H groups in total. The molecule has 23 nitrogen and oxygen atoms in total. The van der Waals surface area contributed by atoms with Crippen molar-refractivity contribution in [2.75, 3.05) is 28.3 Å². The van der Waals surface area contributed by atoms with Crippen molar-refractivity contribution in [3.63, 3.8) is 0 Å². The maximum absolute atomic E-state index is 11.8. The zero-order valence-electron chi connectivity index (χ0n) is 31.0. The third-order valence-electron chi connectivity index (χ3n) is 7.68. The molecule has 0 aliphatic rings. The first kappa shape index (κ1) is 45.0. The zero-order chi connectivity index (χ0) is 43.9. The number of aromatic nitrogens is 3. The minimum absolute atomic E-state index is 0.0366. The fourth-order valence-corrected chi connectivity index (χ4v) is 6.54. The summed E-state index contributed by atoms with van der Waals surface area (Å²) in [7, 11) is -17.9. The van der Waals surface area contributed by atoms with Gasteiger partial charge >= 0.3 is 0 Å². The van der Waals surface area contributed by atoms with Crippen LogP contribution >= 0.6 is 0 Å². The van der Waals surface area contributed by atoms with Crippen molar-refractivity contribution in [1.82, 2.24) is 15.0 Å². The third kappa shape index (κ3) is 13.5. The second-order valence-electron chi connectivity index (χ2n) is 12.4. The molecule has 5 rings (SSSR count). The molecule has 0 aliphatic carbocycles. The van der Waals surface area contributed by atoms with Crippen molar-refractivity contribution in [1.29, 1.82) is 0 Å². The Bertz CT molecular complexity index is 2920. The summed E-state index contributed by atoms with van der Waals surface area (Å²) in [5.41, 5.74) is 1.94. The Labute approximate surface area is 343 Å². The Hall–Kier alpha value is -6.07. The first-order valence-corrected chi connectivity index (χ1v) is 22.9. The fourth-order valence-electron chi connectivity index (χ4n) is 4.76. The third-order valence-corrected chi connectivity index (χ3v) is 11.2. The van der Waals surface area contributed by atoms with Crippen molar-refractivity contribution in [2.24, 2.45) is 20.5 Å². The van der Waals surface area contributed by atoms with Crippen molar-refractivity contribution >= 4 is 92.4 Å². The number of azo groups is 2. The minimum Gasteiger partial charge on any atom is -0.491 e. The predicted molar refractivity (Wildman–Crippen MR) is 216 cm³/mol. The maximum atomic E-state index is 11.8. The number of nitrogens with zero attached hydrogens (tertiary/aromatic N) is 7. The van der Waals surface area contributed by atoms with Gasteiger partial charge in [-0.1, -0.05) is 12.1 Å². The summed E-state index contributed by atoms with van der Waals surface area (Å²) in [5, 5.41) is 23.0. The van der Waals surface area contributed by atoms with E-state index in [4.69, 9.17) is 9.29 Å². The number of anilines is 5. The summed E-state index contributed by atoms with van der Waals surface area (Å²) in [6, 6.07) is 19.3. The Morgan fingerprint density at radius 2 is 1.08 bits per heavy atom. The van der Waals surface area contributed by atoms with E-state index in [1.54, 1.807) is 25.1 Å². The molecule has 0 saturated heterocycles. The lowest BCUT2D eigenvalue weighted by atomic mass is 10.2. The molecule has 0 aliphatic heterocycles. The average Bonchev–Trinajstić information content (AvgIpc) is 3.15. The van der Waals surface area contributed by atoms with Crippen LogP contribution in [0.1, 0.15) is 18.9 Å². The molecule has 0 fully saturated rings. The van der Waals surface area contributed by atoms with E-state index in [1.165, 1.54) is 48.5 Å². The molecule has 5 aromatic rings. The standard InChI is InChI=1S/C33H34N10O13S4/c1-20-16-24(42-40-22-6-3-8-26(17-22)59(50,51)52)10-12-28(20)35-32-37-31(34-21(2)58(47,48)49)38-33(39-32)36-29-13-11-25(19-30(29)56-14-5-15-57(44,45)46)43-41-23-7-4-9-27(18-23)60(53,54)55/h3-4,6-13,16-19,21H,5,14-15H2,1-2H3,(H,44,45,46)(H,47,48,49)(H,50,51,52)(H,53,54,55)(H3,34,35,36,37,38,39). The Kier molecular flexibility index (Phi) is 13.9. The van der Waals surface area contributed by atoms with Crippen molar-refractivity contribution in [3.8, 4) is 5.75 Å². The summed E-state index contributed by atoms with van der Waals surface area (Å²) < 4.78 is 136. The van der Waals surface area contributed by atoms with E-state index in [0.29, 0.717) is 16.9 Å². The zero-order valence-corrected chi connectivity index (χ0v) is 34.3. The van der Waals surface area contributed by atoms with Crippen LogP contribution in [0, 0.1) is 6.92 Å². The smallest absolute Gasteiger partial charge is 0.294 e. The molecule has 0 bridgehead atoms. The Balaban J connectivity index is 1.45. The van der Waals surface area contributed by atoms with Gasteiger partial charge in [0.05, 0.1) is 50.6 Å². The van der Waals surface area contributed by atoms with Gasteiger partial charge in [0.25, 0.3) is 40.5 Å². The average molecular weight is 907 g/mol. The van der Waals surface area contributed by atoms with Crippen LogP contribution in [0.4, 0.5) is 52.0 Å². The van der Waals surface area contributed by atoms with Crippen LogP contribution in [0.15, 0.2) is 115 Å². The van der Waals surface area contributed by atoms with Gasteiger partial charge in [0, 0.05) is 11.8 Å². The number of aryl methyl sites for hydroxylation is 1. The highest BCUT2D eigenvalue weighted by atomic mass is 32.2. The Morgan fingerprint density at radius 1 is 0.617 bits per heavy atom. The lowest BCUT2D eigenvalue weighted by Gasteiger charge is -2.16. The van der Waals surface area contributed by atoms with Gasteiger partial charge in [-0.2, -0.15) is 69.1 Å². The van der Waals surface area contributed by atoms with Gasteiger partial charge in [-0.15, -0.1) is 0 Å². The van der Waals surface area contributed by atoms with Crippen LogP contribution in [-0.4, -0.2) is 84.6 Å². The molecule has 1 unspecified atom stereocenters. The molecule has 1 aromatic heterocycles. The molecule has 0 spiro atoms. The SMILES string of the molecule is Cc1cc(N=Nc2cccc(S(=O)(=O)O)c2)ccc1Nc1nc(Nc2ccc(N=Nc3cccc(S(=O)(=O)O)c3)cc2OCCCS(=O)(=O)O)nc(NC(C)S(=O)(=O)O)n1. The fraction of sp³-hybridized carbons (Fsp3) is 0.182. The van der Waals surface area contributed by atoms with Crippen molar-refractivity contribution in [2.45, 2.75) is 35.4 Å². The van der Waals surface area contributed by atoms with E-state index < -0.39 is 56.5 Å². The number of ether oxygens (including phenoxy) is 1. The van der Waals surface area contributed by atoms with Crippen molar-refractivity contribution < 1.29 is 56.6 Å². The summed E-state index contributed by atoms with van der Waals surface area (Å²) in [6.07, 6.45) is -0.130. The summed E-state index contributed by atoms with van der Waals surface area (Å²) >= 11 is 0. The normalized spacial score (nSPS) is 13.0. The van der Waals surface area contributed by atoms with Gasteiger partial charge in [-0.3, -0.25) is 18.2 Å². The van der Waals surface area contributed by atoms with Crippen LogP contribution in [0.2, 0.25) is 0 Å². The van der Waals surface area contributed by atoms with Crippen LogP contribution in [0.3, 0.4) is 0 Å². The molecule has 4 aromatic carbocycles. The van der Waals surface area contributed by atoms with E-state index >= 15 is 0 Å². The lowest BCUT2D eigenvalue weighted by molar-refractivity contribution is 0.317. The quantitative estimate of drug-likeness (QED) is 0.0288. The number of benzene rings is 4. The first-order chi connectivity index (χ1) is 28.0. The summed E-state index contributed by atoms with van der Waals surface area (Å²) in [5.74, 6) is -1.23. The van der Waals surface area contributed by atoms with E-state index in [1.807, 2.05) is 0 Å². The van der Waals surface area contributed by atoms with Gasteiger partial charge in [-0.25, -0.2) is 0 Å². The molecule has 1 heterocycles. The molecule has 1 atom stereocenters. The largest absolute Gasteiger partial charge is 0.491 e. The number of hydrogen-bond acceptors (Lipinski definition) is 19. The molecule has 27 heteroatoms. The Morgan fingerprint density at radius 3 is 1.57 bits per heavy atom.